The maximum absolute atomic E-state index is 5.24. The lowest BCUT2D eigenvalue weighted by atomic mass is 10.3. The largest absolute Gasteiger partial charge is 0.300 e. The molecule has 0 saturated carbocycles. The second kappa shape index (κ2) is 5.75. The molecule has 0 aliphatic heterocycles. The van der Waals surface area contributed by atoms with Gasteiger partial charge >= 0.3 is 0 Å². The zero-order chi connectivity index (χ0) is 13.1. The van der Waals surface area contributed by atoms with Crippen LogP contribution in [0, 0.1) is 4.77 Å². The molecule has 1 N–H and O–H groups in total. The van der Waals surface area contributed by atoms with Gasteiger partial charge in [-0.2, -0.15) is 5.10 Å². The summed E-state index contributed by atoms with van der Waals surface area (Å²) in [4.78, 5) is 5.86. The van der Waals surface area contributed by atoms with Gasteiger partial charge in [-0.1, -0.05) is 13.8 Å². The van der Waals surface area contributed by atoms with Gasteiger partial charge in [-0.3, -0.25) is 9.67 Å². The molecule has 2 heterocycles. The van der Waals surface area contributed by atoms with Gasteiger partial charge in [0.1, 0.15) is 0 Å². The number of thiazole rings is 1. The van der Waals surface area contributed by atoms with E-state index in [1.807, 2.05) is 4.57 Å². The number of aromatic nitrogens is 4. The first-order chi connectivity index (χ1) is 8.71. The van der Waals surface area contributed by atoms with Crippen LogP contribution in [0.25, 0.3) is 10.7 Å². The van der Waals surface area contributed by atoms with E-state index >= 15 is 0 Å². The van der Waals surface area contributed by atoms with Crippen LogP contribution in [0.1, 0.15) is 37.9 Å². The second-order valence-corrected chi connectivity index (χ2v) is 5.55. The van der Waals surface area contributed by atoms with E-state index in [-0.39, 0.29) is 0 Å². The number of aromatic amines is 1. The normalized spacial score (nSPS) is 11.1. The van der Waals surface area contributed by atoms with Crippen molar-refractivity contribution >= 4 is 23.6 Å². The Morgan fingerprint density at radius 1 is 1.33 bits per heavy atom. The molecule has 0 spiro atoms. The monoisotopic (exact) mass is 282 g/mol. The summed E-state index contributed by atoms with van der Waals surface area (Å²) in [7, 11) is 0. The van der Waals surface area contributed by atoms with Crippen LogP contribution in [0.2, 0.25) is 0 Å². The third-order valence-corrected chi connectivity index (χ3v) is 4.28. The molecule has 0 atom stereocenters. The van der Waals surface area contributed by atoms with Gasteiger partial charge in [0.25, 0.3) is 0 Å². The minimum Gasteiger partial charge on any atom is -0.300 e. The lowest BCUT2D eigenvalue weighted by Gasteiger charge is -2.01. The Bertz CT molecular complexity index is 579. The van der Waals surface area contributed by atoms with Gasteiger partial charge in [-0.05, 0) is 38.4 Å². The second-order valence-electron chi connectivity index (χ2n) is 4.08. The average Bonchev–Trinajstić information content (AvgIpc) is 2.92. The predicted molar refractivity (Wildman–Crippen MR) is 77.6 cm³/mol. The van der Waals surface area contributed by atoms with Gasteiger partial charge in [0.05, 0.1) is 15.6 Å². The van der Waals surface area contributed by atoms with Crippen LogP contribution in [0.4, 0.5) is 0 Å². The van der Waals surface area contributed by atoms with Crippen LogP contribution in [0.3, 0.4) is 0 Å². The Balaban J connectivity index is 2.51. The Labute approximate surface area is 116 Å². The molecule has 4 nitrogen and oxygen atoms in total. The fourth-order valence-corrected chi connectivity index (χ4v) is 3.43. The van der Waals surface area contributed by atoms with E-state index in [0.717, 1.165) is 42.2 Å². The minimum atomic E-state index is 0.681. The third-order valence-electron chi connectivity index (χ3n) is 2.82. The molecule has 0 aliphatic carbocycles. The standard InChI is InChI=1S/C12H18N4S2/c1-4-7-9-13-8(5-2)10(18-9)11-14-15-12(17)16(11)6-3/h4-7H2,1-3H3,(H,15,17). The lowest BCUT2D eigenvalue weighted by Crippen LogP contribution is -1.98. The molecule has 0 radical (unpaired) electrons. The molecule has 98 valence electrons. The highest BCUT2D eigenvalue weighted by atomic mass is 32.1. The van der Waals surface area contributed by atoms with Crippen LogP contribution in [-0.4, -0.2) is 19.7 Å². The first kappa shape index (κ1) is 13.4. The Morgan fingerprint density at radius 2 is 2.11 bits per heavy atom. The summed E-state index contributed by atoms with van der Waals surface area (Å²) in [6.07, 6.45) is 3.09. The molecule has 0 saturated heterocycles. The van der Waals surface area contributed by atoms with Gasteiger partial charge in [0.2, 0.25) is 0 Å². The van der Waals surface area contributed by atoms with Crippen molar-refractivity contribution in [2.75, 3.05) is 0 Å². The van der Waals surface area contributed by atoms with Crippen molar-refractivity contribution in [3.8, 4) is 10.7 Å². The lowest BCUT2D eigenvalue weighted by molar-refractivity contribution is 0.755. The van der Waals surface area contributed by atoms with Crippen molar-refractivity contribution in [1.29, 1.82) is 0 Å². The van der Waals surface area contributed by atoms with Crippen LogP contribution in [0.15, 0.2) is 0 Å². The zero-order valence-corrected chi connectivity index (χ0v) is 12.6. The van der Waals surface area contributed by atoms with E-state index in [2.05, 4.69) is 31.0 Å². The van der Waals surface area contributed by atoms with Gasteiger partial charge in [-0.25, -0.2) is 4.98 Å². The highest BCUT2D eigenvalue weighted by Gasteiger charge is 2.16. The van der Waals surface area contributed by atoms with Crippen molar-refractivity contribution in [1.82, 2.24) is 19.7 Å². The summed E-state index contributed by atoms with van der Waals surface area (Å²) < 4.78 is 2.71. The number of nitrogens with zero attached hydrogens (tertiary/aromatic N) is 3. The van der Waals surface area contributed by atoms with Crippen LogP contribution < -0.4 is 0 Å². The van der Waals surface area contributed by atoms with Gasteiger partial charge in [0, 0.05) is 6.54 Å². The fraction of sp³-hybridized carbons (Fsp3) is 0.583. The SMILES string of the molecule is CCCc1nc(CC)c(-c2n[nH]c(=S)n2CC)s1. The highest BCUT2D eigenvalue weighted by molar-refractivity contribution is 7.71. The Kier molecular flexibility index (Phi) is 4.29. The molecule has 2 aromatic rings. The predicted octanol–water partition coefficient (Wildman–Crippen LogP) is 3.60. The molecule has 0 fully saturated rings. The van der Waals surface area contributed by atoms with E-state index in [9.17, 15) is 0 Å². The fourth-order valence-electron chi connectivity index (χ4n) is 1.92. The van der Waals surface area contributed by atoms with Crippen LogP contribution in [0.5, 0.6) is 0 Å². The van der Waals surface area contributed by atoms with Gasteiger partial charge < -0.3 is 0 Å². The number of aryl methyl sites for hydroxylation is 2. The molecule has 18 heavy (non-hydrogen) atoms. The topological polar surface area (TPSA) is 46.5 Å². The molecule has 0 bridgehead atoms. The molecule has 0 aliphatic rings. The molecule has 0 aromatic carbocycles. The molecular weight excluding hydrogens is 264 g/mol. The quantitative estimate of drug-likeness (QED) is 0.852. The van der Waals surface area contributed by atoms with Crippen molar-refractivity contribution < 1.29 is 0 Å². The zero-order valence-electron chi connectivity index (χ0n) is 11.0. The minimum absolute atomic E-state index is 0.681. The molecule has 0 amide bonds. The summed E-state index contributed by atoms with van der Waals surface area (Å²) >= 11 is 6.98. The first-order valence-corrected chi connectivity index (χ1v) is 7.57. The summed E-state index contributed by atoms with van der Waals surface area (Å²) in [5, 5.41) is 8.42. The van der Waals surface area contributed by atoms with E-state index < -0.39 is 0 Å². The van der Waals surface area contributed by atoms with Crippen molar-refractivity contribution in [2.45, 2.75) is 46.6 Å². The van der Waals surface area contributed by atoms with E-state index in [1.165, 1.54) is 5.01 Å². The smallest absolute Gasteiger partial charge is 0.195 e. The van der Waals surface area contributed by atoms with Crippen molar-refractivity contribution in [3.05, 3.63) is 15.5 Å². The number of rotatable bonds is 5. The Hall–Kier alpha value is -1.01. The van der Waals surface area contributed by atoms with Crippen LogP contribution in [-0.2, 0) is 19.4 Å². The molecule has 6 heteroatoms. The number of nitrogens with one attached hydrogen (secondary N) is 1. The van der Waals surface area contributed by atoms with Crippen molar-refractivity contribution in [3.63, 3.8) is 0 Å². The summed E-state index contributed by atoms with van der Waals surface area (Å²) in [6.45, 7) is 7.21. The summed E-state index contributed by atoms with van der Waals surface area (Å²) in [5.74, 6) is 0.930. The Morgan fingerprint density at radius 3 is 2.72 bits per heavy atom. The average molecular weight is 282 g/mol. The van der Waals surface area contributed by atoms with E-state index in [4.69, 9.17) is 17.2 Å². The van der Waals surface area contributed by atoms with Gasteiger partial charge in [0.15, 0.2) is 10.6 Å². The maximum atomic E-state index is 5.24. The number of hydrogen-bond donors (Lipinski definition) is 1. The first-order valence-electron chi connectivity index (χ1n) is 6.35. The molecule has 0 unspecified atom stereocenters. The molecular formula is C12H18N4S2. The summed E-state index contributed by atoms with van der Waals surface area (Å²) in [6, 6.07) is 0. The number of hydrogen-bond acceptors (Lipinski definition) is 4. The molecule has 2 aromatic heterocycles. The number of H-pyrrole nitrogens is 1. The third kappa shape index (κ3) is 2.40. The van der Waals surface area contributed by atoms with E-state index in [1.54, 1.807) is 11.3 Å². The van der Waals surface area contributed by atoms with E-state index in [0.29, 0.717) is 4.77 Å². The maximum Gasteiger partial charge on any atom is 0.195 e. The van der Waals surface area contributed by atoms with Crippen molar-refractivity contribution in [2.24, 2.45) is 0 Å². The summed E-state index contributed by atoms with van der Waals surface area (Å²) in [5.41, 5.74) is 1.13. The highest BCUT2D eigenvalue weighted by Crippen LogP contribution is 2.30. The molecule has 2 rings (SSSR count). The van der Waals surface area contributed by atoms with Crippen LogP contribution >= 0.6 is 23.6 Å². The van der Waals surface area contributed by atoms with Gasteiger partial charge in [-0.15, -0.1) is 11.3 Å².